The Morgan fingerprint density at radius 2 is 1.94 bits per heavy atom. The first-order valence-corrected chi connectivity index (χ1v) is 5.12. The second kappa shape index (κ2) is 8.66. The lowest BCUT2D eigenvalue weighted by molar-refractivity contribution is -0.121. The Balaban J connectivity index is 0.00000289. The maximum Gasteiger partial charge on any atom is 0.387 e. The Morgan fingerprint density at radius 3 is 2.44 bits per heavy atom. The lowest BCUT2D eigenvalue weighted by Crippen LogP contribution is -2.24. The third-order valence-electron chi connectivity index (χ3n) is 2.01. The van der Waals surface area contributed by atoms with E-state index in [0.717, 1.165) is 5.56 Å². The Labute approximate surface area is 110 Å². The van der Waals surface area contributed by atoms with E-state index in [4.69, 9.17) is 5.73 Å². The molecule has 1 aromatic rings. The van der Waals surface area contributed by atoms with E-state index in [0.29, 0.717) is 13.1 Å². The molecular formula is C11H15ClF2N2O2. The van der Waals surface area contributed by atoms with E-state index in [9.17, 15) is 13.6 Å². The molecule has 0 unspecified atom stereocenters. The van der Waals surface area contributed by atoms with Gasteiger partial charge in [-0.15, -0.1) is 12.4 Å². The van der Waals surface area contributed by atoms with E-state index in [1.807, 2.05) is 0 Å². The summed E-state index contributed by atoms with van der Waals surface area (Å²) in [5, 5.41) is 2.65. The molecule has 0 saturated heterocycles. The molecule has 0 radical (unpaired) electrons. The van der Waals surface area contributed by atoms with Crippen molar-refractivity contribution in [3.63, 3.8) is 0 Å². The molecule has 1 amide bonds. The molecular weight excluding hydrogens is 266 g/mol. The molecule has 18 heavy (non-hydrogen) atoms. The van der Waals surface area contributed by atoms with Crippen molar-refractivity contribution in [1.82, 2.24) is 5.32 Å². The fraction of sp³-hybridized carbons (Fsp3) is 0.364. The summed E-state index contributed by atoms with van der Waals surface area (Å²) in [6, 6.07) is 6.08. The smallest absolute Gasteiger partial charge is 0.387 e. The molecule has 7 heteroatoms. The van der Waals surface area contributed by atoms with Crippen LogP contribution in [-0.2, 0) is 11.3 Å². The maximum absolute atomic E-state index is 11.9. The van der Waals surface area contributed by atoms with Gasteiger partial charge in [-0.2, -0.15) is 8.78 Å². The van der Waals surface area contributed by atoms with Gasteiger partial charge in [-0.1, -0.05) is 12.1 Å². The summed E-state index contributed by atoms with van der Waals surface area (Å²) in [4.78, 5) is 11.1. The van der Waals surface area contributed by atoms with Gasteiger partial charge in [-0.25, -0.2) is 0 Å². The summed E-state index contributed by atoms with van der Waals surface area (Å²) < 4.78 is 27.9. The highest BCUT2D eigenvalue weighted by molar-refractivity contribution is 5.85. The lowest BCUT2D eigenvalue weighted by atomic mass is 10.2. The highest BCUT2D eigenvalue weighted by Crippen LogP contribution is 2.14. The van der Waals surface area contributed by atoms with Gasteiger partial charge >= 0.3 is 6.61 Å². The van der Waals surface area contributed by atoms with Gasteiger partial charge in [0.05, 0.1) is 0 Å². The summed E-state index contributed by atoms with van der Waals surface area (Å²) in [6.45, 7) is -2.19. The van der Waals surface area contributed by atoms with Gasteiger partial charge < -0.3 is 15.8 Å². The van der Waals surface area contributed by atoms with Crippen molar-refractivity contribution in [2.45, 2.75) is 19.6 Å². The monoisotopic (exact) mass is 280 g/mol. The topological polar surface area (TPSA) is 64.4 Å². The first kappa shape index (κ1) is 16.6. The van der Waals surface area contributed by atoms with Crippen LogP contribution in [0.25, 0.3) is 0 Å². The van der Waals surface area contributed by atoms with Crippen molar-refractivity contribution in [1.29, 1.82) is 0 Å². The van der Waals surface area contributed by atoms with Crippen LogP contribution in [0.1, 0.15) is 12.0 Å². The molecule has 0 heterocycles. The Kier molecular flexibility index (Phi) is 7.98. The van der Waals surface area contributed by atoms with E-state index < -0.39 is 6.61 Å². The molecule has 0 aliphatic heterocycles. The molecule has 0 aliphatic carbocycles. The highest BCUT2D eigenvalue weighted by atomic mass is 35.5. The molecule has 0 bridgehead atoms. The quantitative estimate of drug-likeness (QED) is 0.833. The zero-order valence-electron chi connectivity index (χ0n) is 9.57. The van der Waals surface area contributed by atoms with Crippen molar-refractivity contribution < 1.29 is 18.3 Å². The summed E-state index contributed by atoms with van der Waals surface area (Å²) in [5.74, 6) is -0.0440. The highest BCUT2D eigenvalue weighted by Gasteiger charge is 2.04. The zero-order chi connectivity index (χ0) is 12.7. The van der Waals surface area contributed by atoms with Crippen LogP contribution in [0, 0.1) is 0 Å². The fourth-order valence-electron chi connectivity index (χ4n) is 1.21. The molecule has 0 spiro atoms. The minimum absolute atomic E-state index is 0. The number of hydrogen-bond acceptors (Lipinski definition) is 3. The largest absolute Gasteiger partial charge is 0.435 e. The molecule has 0 aliphatic rings. The van der Waals surface area contributed by atoms with Crippen LogP contribution in [0.4, 0.5) is 8.78 Å². The molecule has 4 nitrogen and oxygen atoms in total. The van der Waals surface area contributed by atoms with Gasteiger partial charge in [-0.05, 0) is 17.7 Å². The molecule has 0 saturated carbocycles. The number of benzene rings is 1. The van der Waals surface area contributed by atoms with Gasteiger partial charge in [0.1, 0.15) is 5.75 Å². The lowest BCUT2D eigenvalue weighted by Gasteiger charge is -2.07. The zero-order valence-corrected chi connectivity index (χ0v) is 10.4. The Morgan fingerprint density at radius 1 is 1.33 bits per heavy atom. The van der Waals surface area contributed by atoms with Gasteiger partial charge in [0.2, 0.25) is 5.91 Å². The number of ether oxygens (including phenoxy) is 1. The van der Waals surface area contributed by atoms with Crippen molar-refractivity contribution in [2.24, 2.45) is 5.73 Å². The maximum atomic E-state index is 11.9. The number of hydrogen-bond donors (Lipinski definition) is 2. The average Bonchev–Trinajstić information content (AvgIpc) is 2.28. The van der Waals surface area contributed by atoms with E-state index in [-0.39, 0.29) is 30.5 Å². The van der Waals surface area contributed by atoms with E-state index in [2.05, 4.69) is 10.1 Å². The third kappa shape index (κ3) is 6.36. The van der Waals surface area contributed by atoms with Gasteiger partial charge in [-0.3, -0.25) is 4.79 Å². The summed E-state index contributed by atoms with van der Waals surface area (Å²) in [6.07, 6.45) is 0.270. The predicted molar refractivity (Wildman–Crippen MR) is 65.8 cm³/mol. The van der Waals surface area contributed by atoms with E-state index in [1.165, 1.54) is 12.1 Å². The molecule has 0 fully saturated rings. The van der Waals surface area contributed by atoms with Gasteiger partial charge in [0, 0.05) is 19.5 Å². The van der Waals surface area contributed by atoms with Crippen molar-refractivity contribution in [3.8, 4) is 5.75 Å². The second-order valence-electron chi connectivity index (χ2n) is 3.34. The Bertz CT molecular complexity index is 361. The van der Waals surface area contributed by atoms with Crippen LogP contribution < -0.4 is 15.8 Å². The van der Waals surface area contributed by atoms with Crippen LogP contribution >= 0.6 is 12.4 Å². The van der Waals surface area contributed by atoms with Crippen LogP contribution in [0.2, 0.25) is 0 Å². The van der Waals surface area contributed by atoms with Crippen LogP contribution in [-0.4, -0.2) is 19.1 Å². The first-order chi connectivity index (χ1) is 8.11. The number of alkyl halides is 2. The van der Waals surface area contributed by atoms with Gasteiger partial charge in [0.15, 0.2) is 0 Å². The Hall–Kier alpha value is -1.40. The van der Waals surface area contributed by atoms with Crippen LogP contribution in [0.5, 0.6) is 5.75 Å². The number of nitrogens with one attached hydrogen (secondary N) is 1. The second-order valence-corrected chi connectivity index (χ2v) is 3.34. The van der Waals surface area contributed by atoms with E-state index in [1.54, 1.807) is 12.1 Å². The SMILES string of the molecule is Cl.NCCC(=O)NCc1ccc(OC(F)F)cc1. The number of amides is 1. The average molecular weight is 281 g/mol. The molecule has 0 atom stereocenters. The summed E-state index contributed by atoms with van der Waals surface area (Å²) >= 11 is 0. The molecule has 102 valence electrons. The third-order valence-corrected chi connectivity index (χ3v) is 2.01. The van der Waals surface area contributed by atoms with Gasteiger partial charge in [0.25, 0.3) is 0 Å². The number of carbonyl (C=O) groups excluding carboxylic acids is 1. The number of carbonyl (C=O) groups is 1. The fourth-order valence-corrected chi connectivity index (χ4v) is 1.21. The minimum Gasteiger partial charge on any atom is -0.435 e. The molecule has 3 N–H and O–H groups in total. The molecule has 1 rings (SSSR count). The van der Waals surface area contributed by atoms with Crippen LogP contribution in [0.3, 0.4) is 0 Å². The van der Waals surface area contributed by atoms with Crippen LogP contribution in [0.15, 0.2) is 24.3 Å². The minimum atomic E-state index is -2.83. The summed E-state index contributed by atoms with van der Waals surface area (Å²) in [5.41, 5.74) is 6.02. The van der Waals surface area contributed by atoms with Crippen molar-refractivity contribution in [2.75, 3.05) is 6.54 Å². The van der Waals surface area contributed by atoms with Crippen molar-refractivity contribution >= 4 is 18.3 Å². The molecule has 1 aromatic carbocycles. The predicted octanol–water partition coefficient (Wildman–Crippen LogP) is 1.67. The number of rotatable bonds is 6. The van der Waals surface area contributed by atoms with Crippen molar-refractivity contribution in [3.05, 3.63) is 29.8 Å². The number of nitrogens with two attached hydrogens (primary N) is 1. The summed E-state index contributed by atoms with van der Waals surface area (Å²) in [7, 11) is 0. The molecule has 0 aromatic heterocycles. The standard InChI is InChI=1S/C11H14F2N2O2.ClH/c12-11(13)17-9-3-1-8(2-4-9)7-15-10(16)5-6-14;/h1-4,11H,5-7,14H2,(H,15,16);1H. The normalized spacial score (nSPS) is 9.78. The first-order valence-electron chi connectivity index (χ1n) is 5.12. The van der Waals surface area contributed by atoms with E-state index >= 15 is 0 Å². The number of halogens is 3.